The van der Waals surface area contributed by atoms with Crippen molar-refractivity contribution >= 4 is 7.82 Å². The summed E-state index contributed by atoms with van der Waals surface area (Å²) in [5, 5.41) is 0. The Morgan fingerprint density at radius 2 is 0.854 bits per heavy atom. The van der Waals surface area contributed by atoms with E-state index in [1.165, 1.54) is 161 Å². The van der Waals surface area contributed by atoms with E-state index in [1.54, 1.807) is 6.92 Å². The monoisotopic (exact) mass is 701 g/mol. The Bertz CT molecular complexity index is 728. The normalized spacial score (nSPS) is 14.0. The predicted octanol–water partition coefficient (Wildman–Crippen LogP) is 13.6. The molecular weight excluding hydrogens is 619 g/mol. The average molecular weight is 701 g/mol. The lowest BCUT2D eigenvalue weighted by Gasteiger charge is -2.20. The number of phosphoric acid groups is 1. The quantitative estimate of drug-likeness (QED) is 0.0390. The summed E-state index contributed by atoms with van der Waals surface area (Å²) in [7, 11) is -4.05. The lowest BCUT2D eigenvalue weighted by Crippen LogP contribution is -2.26. The van der Waals surface area contributed by atoms with Crippen LogP contribution in [-0.2, 0) is 23.1 Å². The van der Waals surface area contributed by atoms with E-state index < -0.39 is 7.82 Å². The van der Waals surface area contributed by atoms with Crippen LogP contribution in [0.15, 0.2) is 24.3 Å². The van der Waals surface area contributed by atoms with Crippen molar-refractivity contribution in [2.75, 3.05) is 33.0 Å². The van der Waals surface area contributed by atoms with Gasteiger partial charge < -0.3 is 14.4 Å². The lowest BCUT2D eigenvalue weighted by molar-refractivity contribution is -0.0442. The van der Waals surface area contributed by atoms with Gasteiger partial charge in [0.05, 0.1) is 19.8 Å². The van der Waals surface area contributed by atoms with E-state index >= 15 is 0 Å². The van der Waals surface area contributed by atoms with E-state index in [1.807, 2.05) is 0 Å². The minimum absolute atomic E-state index is 0.00639. The molecule has 0 aromatic rings. The van der Waals surface area contributed by atoms with E-state index in [0.29, 0.717) is 19.8 Å². The van der Waals surface area contributed by atoms with Gasteiger partial charge in [-0.05, 0) is 71.1 Å². The van der Waals surface area contributed by atoms with E-state index in [9.17, 15) is 9.46 Å². The van der Waals surface area contributed by atoms with Crippen molar-refractivity contribution in [3.05, 3.63) is 24.3 Å². The fraction of sp³-hybridized carbons (Fsp3) is 0.902. The van der Waals surface area contributed by atoms with Gasteiger partial charge in [0.25, 0.3) is 0 Å². The molecule has 0 saturated heterocycles. The van der Waals surface area contributed by atoms with Gasteiger partial charge in [0.15, 0.2) is 0 Å². The maximum Gasteiger partial charge on any atom is 0.472 e. The molecule has 1 N–H and O–H groups in total. The summed E-state index contributed by atoms with van der Waals surface area (Å²) in [6, 6.07) is 0. The zero-order valence-corrected chi connectivity index (χ0v) is 33.1. The minimum atomic E-state index is -4.05. The van der Waals surface area contributed by atoms with Crippen molar-refractivity contribution in [3.63, 3.8) is 0 Å². The predicted molar refractivity (Wildman–Crippen MR) is 207 cm³/mol. The van der Waals surface area contributed by atoms with Gasteiger partial charge in [-0.3, -0.25) is 9.05 Å². The molecule has 0 aromatic heterocycles. The molecule has 0 amide bonds. The van der Waals surface area contributed by atoms with Crippen LogP contribution in [0, 0.1) is 0 Å². The van der Waals surface area contributed by atoms with Gasteiger partial charge >= 0.3 is 7.82 Å². The third-order valence-corrected chi connectivity index (χ3v) is 9.89. The highest BCUT2D eigenvalue weighted by Gasteiger charge is 2.23. The van der Waals surface area contributed by atoms with Gasteiger partial charge in [0.1, 0.15) is 6.10 Å². The molecule has 0 saturated carbocycles. The topological polar surface area (TPSA) is 74.2 Å². The summed E-state index contributed by atoms with van der Waals surface area (Å²) >= 11 is 0. The molecule has 0 bridgehead atoms. The lowest BCUT2D eigenvalue weighted by atomic mass is 10.1. The van der Waals surface area contributed by atoms with E-state index in [-0.39, 0.29) is 19.3 Å². The van der Waals surface area contributed by atoms with Crippen LogP contribution in [0.4, 0.5) is 0 Å². The molecule has 0 spiro atoms. The van der Waals surface area contributed by atoms with Crippen LogP contribution in [0.1, 0.15) is 201 Å². The van der Waals surface area contributed by atoms with E-state index in [0.717, 1.165) is 19.3 Å². The molecule has 286 valence electrons. The zero-order valence-electron chi connectivity index (χ0n) is 32.2. The van der Waals surface area contributed by atoms with Gasteiger partial charge in [-0.1, -0.05) is 154 Å². The number of hydrogen-bond acceptors (Lipinski definition) is 5. The number of ether oxygens (including phenoxy) is 2. The Balaban J connectivity index is 3.86. The van der Waals surface area contributed by atoms with Crippen molar-refractivity contribution in [2.45, 2.75) is 207 Å². The molecule has 0 heterocycles. The van der Waals surface area contributed by atoms with Gasteiger partial charge in [-0.25, -0.2) is 4.57 Å². The number of rotatable bonds is 40. The molecule has 0 aliphatic rings. The average Bonchev–Trinajstić information content (AvgIpc) is 3.07. The largest absolute Gasteiger partial charge is 0.472 e. The zero-order chi connectivity index (χ0) is 35.1. The molecule has 0 aromatic carbocycles. The van der Waals surface area contributed by atoms with Gasteiger partial charge in [-0.15, -0.1) is 0 Å². The molecule has 2 atom stereocenters. The Morgan fingerprint density at radius 3 is 1.27 bits per heavy atom. The maximum absolute atomic E-state index is 12.0. The third-order valence-electron chi connectivity index (χ3n) is 8.83. The van der Waals surface area contributed by atoms with Gasteiger partial charge in [-0.2, -0.15) is 0 Å². The molecule has 0 radical (unpaired) electrons. The molecule has 6 nitrogen and oxygen atoms in total. The molecule has 0 aliphatic carbocycles. The first kappa shape index (κ1) is 47.5. The van der Waals surface area contributed by atoms with E-state index in [4.69, 9.17) is 18.5 Å². The second kappa shape index (κ2) is 39.3. The van der Waals surface area contributed by atoms with Crippen molar-refractivity contribution in [1.29, 1.82) is 0 Å². The highest BCUT2D eigenvalue weighted by Crippen LogP contribution is 2.43. The molecule has 0 rings (SSSR count). The number of phosphoric ester groups is 1. The summed E-state index contributed by atoms with van der Waals surface area (Å²) in [6.45, 7) is 7.99. The van der Waals surface area contributed by atoms with Crippen LogP contribution in [0.25, 0.3) is 0 Å². The second-order valence-corrected chi connectivity index (χ2v) is 15.1. The highest BCUT2D eigenvalue weighted by atomic mass is 31.2. The summed E-state index contributed by atoms with van der Waals surface area (Å²) in [4.78, 5) is 9.82. The van der Waals surface area contributed by atoms with Crippen molar-refractivity contribution in [2.24, 2.45) is 0 Å². The van der Waals surface area contributed by atoms with Crippen LogP contribution in [-0.4, -0.2) is 44.0 Å². The van der Waals surface area contributed by atoms with Crippen molar-refractivity contribution in [3.8, 4) is 0 Å². The van der Waals surface area contributed by atoms with Gasteiger partial charge in [0.2, 0.25) is 0 Å². The second-order valence-electron chi connectivity index (χ2n) is 13.6. The fourth-order valence-electron chi connectivity index (χ4n) is 5.79. The molecular formula is C41H81O6P. The first-order chi connectivity index (χ1) is 23.6. The van der Waals surface area contributed by atoms with Crippen molar-refractivity contribution < 1.29 is 28.0 Å². The molecule has 7 heteroatoms. The third kappa shape index (κ3) is 38.3. The first-order valence-electron chi connectivity index (χ1n) is 20.7. The smallest absolute Gasteiger partial charge is 0.379 e. The van der Waals surface area contributed by atoms with Crippen LogP contribution in [0.3, 0.4) is 0 Å². The molecule has 48 heavy (non-hydrogen) atoms. The van der Waals surface area contributed by atoms with Crippen LogP contribution in [0.5, 0.6) is 0 Å². The summed E-state index contributed by atoms with van der Waals surface area (Å²) in [6.07, 6.45) is 45.0. The summed E-state index contributed by atoms with van der Waals surface area (Å²) in [5.74, 6) is 0. The number of unbranched alkanes of at least 4 members (excludes halogenated alkanes) is 24. The Labute approximate surface area is 299 Å². The fourth-order valence-corrected chi connectivity index (χ4v) is 6.54. The highest BCUT2D eigenvalue weighted by molar-refractivity contribution is 7.47. The Hall–Kier alpha value is -0.490. The minimum Gasteiger partial charge on any atom is -0.379 e. The van der Waals surface area contributed by atoms with E-state index in [2.05, 4.69) is 38.2 Å². The maximum atomic E-state index is 12.0. The Kier molecular flexibility index (Phi) is 38.9. The SMILES string of the molecule is CCCCCCCC/C=C\CCCCCCCCOC[C@H](COP(=O)(O)OCC)OCCCCCCCC/C=C\CCCCCCCC. The molecule has 0 aliphatic heterocycles. The van der Waals surface area contributed by atoms with Gasteiger partial charge in [0, 0.05) is 13.2 Å². The number of allylic oxidation sites excluding steroid dienone is 4. The van der Waals surface area contributed by atoms with Crippen molar-refractivity contribution in [1.82, 2.24) is 0 Å². The first-order valence-corrected chi connectivity index (χ1v) is 22.2. The number of hydrogen-bond donors (Lipinski definition) is 1. The summed E-state index contributed by atoms with van der Waals surface area (Å²) < 4.78 is 33.9. The molecule has 1 unspecified atom stereocenters. The van der Waals surface area contributed by atoms with Crippen LogP contribution in [0.2, 0.25) is 0 Å². The molecule has 0 fully saturated rings. The van der Waals surface area contributed by atoms with Crippen LogP contribution >= 0.6 is 7.82 Å². The Morgan fingerprint density at radius 1 is 0.479 bits per heavy atom. The standard InChI is InChI=1S/C41H81O6P/c1-4-7-9-11-13-15-17-19-21-23-25-27-29-31-33-35-37-44-39-41(40-47-48(42,43)46-6-3)45-38-36-34-32-30-28-26-24-22-20-18-16-14-12-10-8-5-2/h19-22,41H,4-18,23-40H2,1-3H3,(H,42,43)/b21-19-,22-20-/t41-/m1/s1. The summed E-state index contributed by atoms with van der Waals surface area (Å²) in [5.41, 5.74) is 0. The van der Waals surface area contributed by atoms with Crippen LogP contribution < -0.4 is 0 Å².